The number of aliphatic hydroxyl groups excluding tert-OH is 1. The Bertz CT molecular complexity index is 1610. The molecule has 0 spiro atoms. The van der Waals surface area contributed by atoms with Gasteiger partial charge in [-0.05, 0) is 65.4 Å². The number of amides is 1. The van der Waals surface area contributed by atoms with E-state index >= 15 is 0 Å². The van der Waals surface area contributed by atoms with Gasteiger partial charge >= 0.3 is 0 Å². The van der Waals surface area contributed by atoms with E-state index < -0.39 is 12.0 Å². The summed E-state index contributed by atoms with van der Waals surface area (Å²) in [7, 11) is 0. The SMILES string of the molecule is O=C([C@H](O)c1cccc(-c2cccc(Cl)c2)c1)N1CCc2nc(C3(c4cccc(Cl)c4)CC3)[nH]c(=O)c2C1. The van der Waals surface area contributed by atoms with Gasteiger partial charge in [0.1, 0.15) is 5.82 Å². The van der Waals surface area contributed by atoms with Crippen LogP contribution in [0.15, 0.2) is 77.6 Å². The van der Waals surface area contributed by atoms with Crippen LogP contribution in [0.3, 0.4) is 0 Å². The van der Waals surface area contributed by atoms with Gasteiger partial charge in [0.15, 0.2) is 6.10 Å². The molecule has 192 valence electrons. The van der Waals surface area contributed by atoms with Gasteiger partial charge in [-0.2, -0.15) is 0 Å². The summed E-state index contributed by atoms with van der Waals surface area (Å²) < 4.78 is 0. The summed E-state index contributed by atoms with van der Waals surface area (Å²) in [6.07, 6.45) is 0.874. The quantitative estimate of drug-likeness (QED) is 0.349. The minimum atomic E-state index is -1.35. The molecule has 8 heteroatoms. The topological polar surface area (TPSA) is 86.3 Å². The van der Waals surface area contributed by atoms with Crippen LogP contribution in [0.2, 0.25) is 10.0 Å². The van der Waals surface area contributed by atoms with Crippen LogP contribution in [0.4, 0.5) is 0 Å². The molecule has 0 bridgehead atoms. The van der Waals surface area contributed by atoms with Crippen molar-refractivity contribution in [2.75, 3.05) is 6.54 Å². The zero-order valence-electron chi connectivity index (χ0n) is 20.5. The van der Waals surface area contributed by atoms with Crippen LogP contribution >= 0.6 is 23.2 Å². The number of fused-ring (bicyclic) bond motifs is 1. The second-order valence-corrected chi connectivity index (χ2v) is 10.9. The highest BCUT2D eigenvalue weighted by atomic mass is 35.5. The van der Waals surface area contributed by atoms with Gasteiger partial charge in [-0.25, -0.2) is 4.98 Å². The molecule has 1 amide bonds. The second kappa shape index (κ2) is 9.70. The Balaban J connectivity index is 1.23. The van der Waals surface area contributed by atoms with Gasteiger partial charge in [-0.3, -0.25) is 9.59 Å². The van der Waals surface area contributed by atoms with Gasteiger partial charge in [-0.1, -0.05) is 65.7 Å². The lowest BCUT2D eigenvalue weighted by molar-refractivity contribution is -0.141. The lowest BCUT2D eigenvalue weighted by atomic mass is 9.94. The van der Waals surface area contributed by atoms with Crippen LogP contribution in [0.25, 0.3) is 11.1 Å². The highest BCUT2D eigenvalue weighted by Gasteiger charge is 2.49. The number of benzene rings is 3. The summed E-state index contributed by atoms with van der Waals surface area (Å²) >= 11 is 12.3. The molecule has 6 nitrogen and oxygen atoms in total. The molecule has 2 aliphatic rings. The Kier molecular flexibility index (Phi) is 6.34. The fourth-order valence-corrected chi connectivity index (χ4v) is 5.67. The highest BCUT2D eigenvalue weighted by molar-refractivity contribution is 6.31. The molecule has 1 aromatic heterocycles. The van der Waals surface area contributed by atoms with Crippen LogP contribution in [-0.2, 0) is 23.2 Å². The van der Waals surface area contributed by atoms with E-state index in [1.165, 1.54) is 4.90 Å². The number of rotatable bonds is 5. The molecule has 3 aromatic carbocycles. The Hall–Kier alpha value is -3.45. The molecule has 0 unspecified atom stereocenters. The molecule has 6 rings (SSSR count). The van der Waals surface area contributed by atoms with E-state index in [1.807, 2.05) is 48.5 Å². The number of nitrogens with zero attached hydrogens (tertiary/aromatic N) is 2. The minimum Gasteiger partial charge on any atom is -0.378 e. The first-order valence-corrected chi connectivity index (χ1v) is 13.3. The van der Waals surface area contributed by atoms with Crippen LogP contribution < -0.4 is 5.56 Å². The van der Waals surface area contributed by atoms with Crippen molar-refractivity contribution in [2.45, 2.75) is 37.3 Å². The van der Waals surface area contributed by atoms with Crippen LogP contribution in [-0.4, -0.2) is 32.4 Å². The Morgan fingerprint density at radius 1 is 0.974 bits per heavy atom. The fraction of sp³-hybridized carbons (Fsp3) is 0.233. The first-order valence-electron chi connectivity index (χ1n) is 12.6. The lowest BCUT2D eigenvalue weighted by Crippen LogP contribution is -2.42. The number of carbonyl (C=O) groups is 1. The molecule has 0 radical (unpaired) electrons. The van der Waals surface area contributed by atoms with Crippen molar-refractivity contribution in [3.8, 4) is 11.1 Å². The summed E-state index contributed by atoms with van der Waals surface area (Å²) in [6, 6.07) is 22.3. The van der Waals surface area contributed by atoms with Crippen molar-refractivity contribution >= 4 is 29.1 Å². The monoisotopic (exact) mass is 545 g/mol. The highest BCUT2D eigenvalue weighted by Crippen LogP contribution is 2.52. The van der Waals surface area contributed by atoms with E-state index in [1.54, 1.807) is 24.3 Å². The summed E-state index contributed by atoms with van der Waals surface area (Å²) in [5, 5.41) is 12.2. The maximum atomic E-state index is 13.3. The van der Waals surface area contributed by atoms with Gasteiger partial charge in [0.2, 0.25) is 0 Å². The van der Waals surface area contributed by atoms with E-state index in [4.69, 9.17) is 28.2 Å². The van der Waals surface area contributed by atoms with Gasteiger partial charge in [-0.15, -0.1) is 0 Å². The van der Waals surface area contributed by atoms with Gasteiger partial charge in [0.25, 0.3) is 11.5 Å². The third-order valence-electron chi connectivity index (χ3n) is 7.56. The van der Waals surface area contributed by atoms with Crippen molar-refractivity contribution in [1.82, 2.24) is 14.9 Å². The average Bonchev–Trinajstić information content (AvgIpc) is 3.74. The van der Waals surface area contributed by atoms with Crippen molar-refractivity contribution in [1.29, 1.82) is 0 Å². The zero-order valence-corrected chi connectivity index (χ0v) is 22.0. The molecule has 2 N–H and O–H groups in total. The number of carbonyl (C=O) groups excluding carboxylic acids is 1. The fourth-order valence-electron chi connectivity index (χ4n) is 5.29. The van der Waals surface area contributed by atoms with E-state index in [2.05, 4.69) is 4.98 Å². The van der Waals surface area contributed by atoms with E-state index in [-0.39, 0.29) is 17.5 Å². The molecule has 1 saturated carbocycles. The smallest absolute Gasteiger partial charge is 0.256 e. The van der Waals surface area contributed by atoms with Crippen LogP contribution in [0.1, 0.15) is 47.2 Å². The number of aromatic amines is 1. The zero-order chi connectivity index (χ0) is 26.4. The summed E-state index contributed by atoms with van der Waals surface area (Å²) in [5.41, 5.74) is 3.88. The normalized spacial score (nSPS) is 16.6. The Labute approximate surface area is 229 Å². The molecular formula is C30H25Cl2N3O3. The third kappa shape index (κ3) is 4.53. The van der Waals surface area contributed by atoms with Crippen molar-refractivity contribution in [3.05, 3.63) is 121 Å². The summed E-state index contributed by atoms with van der Waals surface area (Å²) in [4.78, 5) is 35.8. The number of hydrogen-bond donors (Lipinski definition) is 2. The lowest BCUT2D eigenvalue weighted by Gasteiger charge is -2.30. The third-order valence-corrected chi connectivity index (χ3v) is 8.03. The Morgan fingerprint density at radius 2 is 1.66 bits per heavy atom. The summed E-state index contributed by atoms with van der Waals surface area (Å²) in [6.45, 7) is 0.475. The molecule has 1 aliphatic heterocycles. The predicted molar refractivity (Wildman–Crippen MR) is 147 cm³/mol. The molecule has 4 aromatic rings. The van der Waals surface area contributed by atoms with Crippen LogP contribution in [0, 0.1) is 0 Å². The van der Waals surface area contributed by atoms with Crippen molar-refractivity contribution in [2.24, 2.45) is 0 Å². The molecule has 1 atom stereocenters. The molecule has 0 saturated heterocycles. The standard InChI is InChI=1S/C30H25Cl2N3O3/c31-22-8-2-5-19(15-22)18-4-1-6-20(14-18)26(36)28(38)35-13-10-25-24(17-35)27(37)34-29(33-25)30(11-12-30)21-7-3-9-23(32)16-21/h1-9,14-16,26,36H,10-13,17H2,(H,33,34,37)/t26-/m1/s1. The maximum absolute atomic E-state index is 13.3. The second-order valence-electron chi connectivity index (χ2n) is 9.98. The number of aliphatic hydroxyl groups is 1. The maximum Gasteiger partial charge on any atom is 0.256 e. The Morgan fingerprint density at radius 3 is 2.37 bits per heavy atom. The molecular weight excluding hydrogens is 521 g/mol. The van der Waals surface area contributed by atoms with Crippen molar-refractivity contribution < 1.29 is 9.90 Å². The number of nitrogens with one attached hydrogen (secondary N) is 1. The van der Waals surface area contributed by atoms with E-state index in [9.17, 15) is 14.7 Å². The van der Waals surface area contributed by atoms with Crippen molar-refractivity contribution in [3.63, 3.8) is 0 Å². The van der Waals surface area contributed by atoms with E-state index in [0.29, 0.717) is 45.7 Å². The van der Waals surface area contributed by atoms with Crippen LogP contribution in [0.5, 0.6) is 0 Å². The number of aromatic nitrogens is 2. The molecule has 1 aliphatic carbocycles. The molecule has 38 heavy (non-hydrogen) atoms. The number of H-pyrrole nitrogens is 1. The number of halogens is 2. The summed E-state index contributed by atoms with van der Waals surface area (Å²) in [5.74, 6) is 0.209. The predicted octanol–water partition coefficient (Wildman–Crippen LogP) is 5.44. The van der Waals surface area contributed by atoms with Gasteiger partial charge in [0.05, 0.1) is 23.2 Å². The minimum absolute atomic E-state index is 0.103. The van der Waals surface area contributed by atoms with Gasteiger partial charge < -0.3 is 15.0 Å². The molecule has 2 heterocycles. The first-order chi connectivity index (χ1) is 18.3. The largest absolute Gasteiger partial charge is 0.378 e. The molecule has 1 fully saturated rings. The number of hydrogen-bond acceptors (Lipinski definition) is 4. The first kappa shape index (κ1) is 24.9. The van der Waals surface area contributed by atoms with Gasteiger partial charge in [0, 0.05) is 23.0 Å². The average molecular weight is 546 g/mol. The van der Waals surface area contributed by atoms with E-state index in [0.717, 1.165) is 29.5 Å².